The number of benzene rings is 1. The van der Waals surface area contributed by atoms with E-state index in [1.165, 1.54) is 61.9 Å². The van der Waals surface area contributed by atoms with Crippen molar-refractivity contribution in [1.29, 1.82) is 0 Å². The van der Waals surface area contributed by atoms with E-state index in [0.29, 0.717) is 5.02 Å². The van der Waals surface area contributed by atoms with Gasteiger partial charge in [-0.05, 0) is 49.9 Å². The molecule has 0 radical (unpaired) electrons. The van der Waals surface area contributed by atoms with Crippen molar-refractivity contribution in [1.82, 2.24) is 4.98 Å². The second-order valence-electron chi connectivity index (χ2n) is 7.13. The summed E-state index contributed by atoms with van der Waals surface area (Å²) in [6.45, 7) is 0.214. The number of halogens is 1. The van der Waals surface area contributed by atoms with Crippen molar-refractivity contribution in [2.75, 3.05) is 17.2 Å². The zero-order valence-electron chi connectivity index (χ0n) is 15.7. The van der Waals surface area contributed by atoms with Gasteiger partial charge in [0.1, 0.15) is 0 Å². The Labute approximate surface area is 170 Å². The number of aryl methyl sites for hydroxylation is 2. The molecule has 3 rings (SSSR count). The molecule has 2 N–H and O–H groups in total. The molecule has 0 unspecified atom stereocenters. The number of carbonyl (C=O) groups is 1. The van der Waals surface area contributed by atoms with Crippen molar-refractivity contribution in [3.8, 4) is 0 Å². The molecule has 1 amide bonds. The van der Waals surface area contributed by atoms with Crippen LogP contribution < -0.4 is 10.6 Å². The molecule has 4 nitrogen and oxygen atoms in total. The highest BCUT2D eigenvalue weighted by molar-refractivity contribution is 7.15. The summed E-state index contributed by atoms with van der Waals surface area (Å²) >= 11 is 7.53. The van der Waals surface area contributed by atoms with Crippen molar-refractivity contribution in [2.45, 2.75) is 64.2 Å². The summed E-state index contributed by atoms with van der Waals surface area (Å²) in [5.41, 5.74) is 2.07. The molecule has 6 heteroatoms. The van der Waals surface area contributed by atoms with Crippen LogP contribution in [-0.4, -0.2) is 17.4 Å². The van der Waals surface area contributed by atoms with Crippen LogP contribution in [0.3, 0.4) is 0 Å². The van der Waals surface area contributed by atoms with Gasteiger partial charge in [-0.1, -0.05) is 50.1 Å². The van der Waals surface area contributed by atoms with E-state index in [2.05, 4.69) is 10.6 Å². The molecular weight excluding hydrogens is 378 g/mol. The van der Waals surface area contributed by atoms with Crippen molar-refractivity contribution in [3.63, 3.8) is 0 Å². The van der Waals surface area contributed by atoms with Crippen LogP contribution in [0, 0.1) is 0 Å². The van der Waals surface area contributed by atoms with Crippen molar-refractivity contribution in [2.24, 2.45) is 0 Å². The van der Waals surface area contributed by atoms with Gasteiger partial charge in [0, 0.05) is 15.6 Å². The molecular formula is C21H28ClN3OS. The number of nitrogens with one attached hydrogen (secondary N) is 2. The first-order valence-corrected chi connectivity index (χ1v) is 11.2. The van der Waals surface area contributed by atoms with Gasteiger partial charge in [0.05, 0.1) is 12.2 Å². The van der Waals surface area contributed by atoms with Gasteiger partial charge in [0.25, 0.3) is 0 Å². The maximum absolute atomic E-state index is 12.3. The number of carbonyl (C=O) groups excluding carboxylic acids is 1. The van der Waals surface area contributed by atoms with E-state index in [1.807, 2.05) is 12.1 Å². The number of aromatic nitrogens is 1. The monoisotopic (exact) mass is 405 g/mol. The zero-order chi connectivity index (χ0) is 18.9. The molecule has 1 aromatic carbocycles. The molecule has 1 heterocycles. The van der Waals surface area contributed by atoms with Gasteiger partial charge < -0.3 is 10.6 Å². The predicted molar refractivity (Wildman–Crippen MR) is 115 cm³/mol. The van der Waals surface area contributed by atoms with E-state index in [-0.39, 0.29) is 12.5 Å². The number of amides is 1. The van der Waals surface area contributed by atoms with Crippen molar-refractivity contribution < 1.29 is 4.79 Å². The molecule has 146 valence electrons. The summed E-state index contributed by atoms with van der Waals surface area (Å²) in [6, 6.07) is 7.33. The minimum absolute atomic E-state index is 0.0743. The molecule has 0 fully saturated rings. The number of nitrogens with zero attached hydrogens (tertiary/aromatic N) is 1. The minimum atomic E-state index is -0.0743. The largest absolute Gasteiger partial charge is 0.376 e. The molecule has 0 saturated carbocycles. The fourth-order valence-corrected chi connectivity index (χ4v) is 4.57. The second kappa shape index (κ2) is 10.7. The highest BCUT2D eigenvalue weighted by Crippen LogP contribution is 2.27. The summed E-state index contributed by atoms with van der Waals surface area (Å²) in [5.74, 6) is -0.0743. The molecule has 27 heavy (non-hydrogen) atoms. The Hall–Kier alpha value is -1.59. The summed E-state index contributed by atoms with van der Waals surface area (Å²) in [4.78, 5) is 18.4. The van der Waals surface area contributed by atoms with Crippen LogP contribution >= 0.6 is 22.9 Å². The summed E-state index contributed by atoms with van der Waals surface area (Å²) in [7, 11) is 0. The van der Waals surface area contributed by atoms with Crippen molar-refractivity contribution in [3.05, 3.63) is 39.9 Å². The first-order valence-electron chi connectivity index (χ1n) is 9.98. The molecule has 1 aliphatic rings. The van der Waals surface area contributed by atoms with Crippen LogP contribution in [0.5, 0.6) is 0 Å². The molecule has 0 spiro atoms. The van der Waals surface area contributed by atoms with Crippen LogP contribution in [-0.2, 0) is 17.6 Å². The third-order valence-electron chi connectivity index (χ3n) is 4.89. The fourth-order valence-electron chi connectivity index (χ4n) is 3.38. The Morgan fingerprint density at radius 1 is 0.963 bits per heavy atom. The molecule has 0 atom stereocenters. The molecule has 2 aromatic rings. The van der Waals surface area contributed by atoms with Crippen molar-refractivity contribution >= 4 is 39.7 Å². The Kier molecular flexibility index (Phi) is 7.96. The average Bonchev–Trinajstić information content (AvgIpc) is 3.02. The van der Waals surface area contributed by atoms with E-state index >= 15 is 0 Å². The van der Waals surface area contributed by atoms with Gasteiger partial charge in [0.15, 0.2) is 5.13 Å². The normalized spacial score (nSPS) is 15.9. The number of anilines is 2. The summed E-state index contributed by atoms with van der Waals surface area (Å²) < 4.78 is 0. The minimum Gasteiger partial charge on any atom is -0.376 e. The van der Waals surface area contributed by atoms with Crippen LogP contribution in [0.15, 0.2) is 24.3 Å². The van der Waals surface area contributed by atoms with Gasteiger partial charge >= 0.3 is 0 Å². The fraction of sp³-hybridized carbons (Fsp3) is 0.524. The molecule has 1 aliphatic carbocycles. The summed E-state index contributed by atoms with van der Waals surface area (Å²) in [5, 5.41) is 7.49. The third-order valence-corrected chi connectivity index (χ3v) is 6.21. The number of hydrogen-bond donors (Lipinski definition) is 2. The van der Waals surface area contributed by atoms with Crippen LogP contribution in [0.1, 0.15) is 61.9 Å². The lowest BCUT2D eigenvalue weighted by Gasteiger charge is -2.06. The lowest BCUT2D eigenvalue weighted by Crippen LogP contribution is -2.21. The maximum Gasteiger partial charge on any atom is 0.245 e. The lowest BCUT2D eigenvalue weighted by molar-refractivity contribution is -0.114. The van der Waals surface area contributed by atoms with Crippen LogP contribution in [0.2, 0.25) is 5.02 Å². The quantitative estimate of drug-likeness (QED) is 0.649. The topological polar surface area (TPSA) is 54.0 Å². The lowest BCUT2D eigenvalue weighted by atomic mass is 10.0. The number of fused-ring (bicyclic) bond motifs is 1. The zero-order valence-corrected chi connectivity index (χ0v) is 17.3. The predicted octanol–water partition coefficient (Wildman–Crippen LogP) is 6.07. The Morgan fingerprint density at radius 2 is 1.59 bits per heavy atom. The standard InChI is InChI=1S/C21H28ClN3OS/c22-16-11-13-17(14-12-16)23-15-20(26)25-21-24-18-9-7-5-3-1-2-4-6-8-10-19(18)27-21/h11-14,23H,1-10,15H2,(H,24,25,26). The second-order valence-corrected chi connectivity index (χ2v) is 8.65. The molecule has 0 bridgehead atoms. The van der Waals surface area contributed by atoms with Gasteiger partial charge in [-0.15, -0.1) is 11.3 Å². The van der Waals surface area contributed by atoms with Gasteiger partial charge in [-0.25, -0.2) is 4.98 Å². The molecule has 0 aliphatic heterocycles. The SMILES string of the molecule is O=C(CNc1ccc(Cl)cc1)Nc1nc2c(s1)CCCCCCCCCC2. The average molecular weight is 406 g/mol. The number of thiazole rings is 1. The smallest absolute Gasteiger partial charge is 0.245 e. The van der Waals surface area contributed by atoms with E-state index < -0.39 is 0 Å². The van der Waals surface area contributed by atoms with E-state index in [1.54, 1.807) is 23.5 Å². The third kappa shape index (κ3) is 6.82. The van der Waals surface area contributed by atoms with E-state index in [0.717, 1.165) is 23.7 Å². The maximum atomic E-state index is 12.3. The van der Waals surface area contributed by atoms with Gasteiger partial charge in [-0.2, -0.15) is 0 Å². The molecule has 1 aromatic heterocycles. The Morgan fingerprint density at radius 3 is 2.30 bits per heavy atom. The Balaban J connectivity index is 1.55. The summed E-state index contributed by atoms with van der Waals surface area (Å²) in [6.07, 6.45) is 12.5. The first kappa shape index (κ1) is 20.2. The highest BCUT2D eigenvalue weighted by atomic mass is 35.5. The number of hydrogen-bond acceptors (Lipinski definition) is 4. The highest BCUT2D eigenvalue weighted by Gasteiger charge is 2.13. The number of rotatable bonds is 4. The molecule has 0 saturated heterocycles. The van der Waals surface area contributed by atoms with E-state index in [4.69, 9.17) is 16.6 Å². The Bertz CT molecular complexity index is 700. The van der Waals surface area contributed by atoms with Crippen LogP contribution in [0.25, 0.3) is 0 Å². The first-order chi connectivity index (χ1) is 13.2. The van der Waals surface area contributed by atoms with E-state index in [9.17, 15) is 4.79 Å². The van der Waals surface area contributed by atoms with Crippen LogP contribution in [0.4, 0.5) is 10.8 Å². The van der Waals surface area contributed by atoms with Gasteiger partial charge in [-0.3, -0.25) is 4.79 Å². The van der Waals surface area contributed by atoms with Gasteiger partial charge in [0.2, 0.25) is 5.91 Å².